The summed E-state index contributed by atoms with van der Waals surface area (Å²) in [6, 6.07) is 0. The van der Waals surface area contributed by atoms with Gasteiger partial charge in [0.1, 0.15) is 0 Å². The van der Waals surface area contributed by atoms with Crippen molar-refractivity contribution >= 4 is 5.97 Å². The van der Waals surface area contributed by atoms with Crippen molar-refractivity contribution < 1.29 is 9.53 Å². The predicted molar refractivity (Wildman–Crippen MR) is 115 cm³/mol. The minimum atomic E-state index is 0.00649. The molecule has 2 heteroatoms. The van der Waals surface area contributed by atoms with Crippen LogP contribution in [0, 0.1) is 11.8 Å². The van der Waals surface area contributed by atoms with Gasteiger partial charge in [-0.1, -0.05) is 111 Å². The van der Waals surface area contributed by atoms with Gasteiger partial charge in [-0.05, 0) is 24.7 Å². The highest BCUT2D eigenvalue weighted by Gasteiger charge is 2.03. The largest absolute Gasteiger partial charge is 0.466 e. The normalized spacial score (nSPS) is 11.5. The molecule has 0 unspecified atom stereocenters. The number of rotatable bonds is 19. The highest BCUT2D eigenvalue weighted by atomic mass is 16.5. The van der Waals surface area contributed by atoms with Gasteiger partial charge in [0.15, 0.2) is 0 Å². The van der Waals surface area contributed by atoms with Crippen LogP contribution in [0.5, 0.6) is 0 Å². The molecule has 0 rings (SSSR count). The lowest BCUT2D eigenvalue weighted by atomic mass is 10.0. The Morgan fingerprint density at radius 3 is 1.42 bits per heavy atom. The molecule has 0 fully saturated rings. The Labute approximate surface area is 164 Å². The summed E-state index contributed by atoms with van der Waals surface area (Å²) in [5.41, 5.74) is 0. The van der Waals surface area contributed by atoms with Crippen LogP contribution in [0.2, 0.25) is 0 Å². The van der Waals surface area contributed by atoms with E-state index in [-0.39, 0.29) is 5.97 Å². The van der Waals surface area contributed by atoms with E-state index in [2.05, 4.69) is 27.7 Å². The summed E-state index contributed by atoms with van der Waals surface area (Å²) in [6.07, 6.45) is 20.0. The first-order valence-corrected chi connectivity index (χ1v) is 11.7. The zero-order chi connectivity index (χ0) is 19.5. The first-order valence-electron chi connectivity index (χ1n) is 11.7. The number of hydrogen-bond donors (Lipinski definition) is 0. The molecule has 0 saturated heterocycles. The average Bonchev–Trinajstić information content (AvgIpc) is 2.58. The maximum Gasteiger partial charge on any atom is 0.305 e. The van der Waals surface area contributed by atoms with Gasteiger partial charge >= 0.3 is 5.97 Å². The minimum Gasteiger partial charge on any atom is -0.466 e. The van der Waals surface area contributed by atoms with Crippen molar-refractivity contribution in [1.82, 2.24) is 0 Å². The first-order chi connectivity index (χ1) is 12.5. The van der Waals surface area contributed by atoms with E-state index in [0.717, 1.165) is 31.1 Å². The Balaban J connectivity index is 3.15. The maximum absolute atomic E-state index is 11.6. The topological polar surface area (TPSA) is 26.3 Å². The van der Waals surface area contributed by atoms with Gasteiger partial charge in [0, 0.05) is 6.42 Å². The molecule has 0 aromatic rings. The van der Waals surface area contributed by atoms with Crippen LogP contribution in [0.1, 0.15) is 130 Å². The molecule has 0 atom stereocenters. The fraction of sp³-hybridized carbons (Fsp3) is 0.958. The van der Waals surface area contributed by atoms with Crippen LogP contribution in [0.25, 0.3) is 0 Å². The number of hydrogen-bond acceptors (Lipinski definition) is 2. The molecule has 0 aliphatic carbocycles. The van der Waals surface area contributed by atoms with Gasteiger partial charge in [-0.15, -0.1) is 0 Å². The zero-order valence-electron chi connectivity index (χ0n) is 18.5. The van der Waals surface area contributed by atoms with Crippen molar-refractivity contribution in [3.63, 3.8) is 0 Å². The third-order valence-electron chi connectivity index (χ3n) is 5.10. The summed E-state index contributed by atoms with van der Waals surface area (Å²) in [7, 11) is 0. The number of ether oxygens (including phenoxy) is 1. The van der Waals surface area contributed by atoms with Crippen molar-refractivity contribution in [2.24, 2.45) is 11.8 Å². The van der Waals surface area contributed by atoms with E-state index >= 15 is 0 Å². The second kappa shape index (κ2) is 19.2. The van der Waals surface area contributed by atoms with E-state index < -0.39 is 0 Å². The zero-order valence-corrected chi connectivity index (χ0v) is 18.5. The van der Waals surface area contributed by atoms with E-state index in [1.165, 1.54) is 77.0 Å². The minimum absolute atomic E-state index is 0.00649. The third kappa shape index (κ3) is 21.5. The first kappa shape index (κ1) is 25.5. The van der Waals surface area contributed by atoms with Crippen molar-refractivity contribution in [1.29, 1.82) is 0 Å². The average molecular weight is 369 g/mol. The van der Waals surface area contributed by atoms with Gasteiger partial charge < -0.3 is 4.74 Å². The van der Waals surface area contributed by atoms with Gasteiger partial charge in [0.2, 0.25) is 0 Å². The predicted octanol–water partition coefficient (Wildman–Crippen LogP) is 8.08. The fourth-order valence-corrected chi connectivity index (χ4v) is 3.33. The summed E-state index contributed by atoms with van der Waals surface area (Å²) in [5.74, 6) is 1.65. The van der Waals surface area contributed by atoms with Crippen LogP contribution in [0.3, 0.4) is 0 Å². The SMILES string of the molecule is CC(C)CCCCCCCCCCCCOC(=O)CCCCCC(C)C. The molecular formula is C24H48O2. The summed E-state index contributed by atoms with van der Waals surface area (Å²) in [6.45, 7) is 9.76. The standard InChI is InChI=1S/C24H48O2/c1-22(2)18-14-11-9-7-5-6-8-10-12-17-21-26-24(25)20-16-13-15-19-23(3)4/h22-23H,5-21H2,1-4H3. The second-order valence-electron chi connectivity index (χ2n) is 8.93. The van der Waals surface area contributed by atoms with Crippen LogP contribution >= 0.6 is 0 Å². The summed E-state index contributed by atoms with van der Waals surface area (Å²) >= 11 is 0. The monoisotopic (exact) mass is 368 g/mol. The molecule has 156 valence electrons. The van der Waals surface area contributed by atoms with Gasteiger partial charge in [0.25, 0.3) is 0 Å². The van der Waals surface area contributed by atoms with Crippen molar-refractivity contribution in [3.05, 3.63) is 0 Å². The van der Waals surface area contributed by atoms with Gasteiger partial charge in [-0.25, -0.2) is 0 Å². The third-order valence-corrected chi connectivity index (χ3v) is 5.10. The molecule has 0 bridgehead atoms. The second-order valence-corrected chi connectivity index (χ2v) is 8.93. The Morgan fingerprint density at radius 2 is 0.962 bits per heavy atom. The number of unbranched alkanes of at least 4 members (excludes halogenated alkanes) is 11. The van der Waals surface area contributed by atoms with E-state index in [0.29, 0.717) is 13.0 Å². The van der Waals surface area contributed by atoms with E-state index in [1.54, 1.807) is 0 Å². The van der Waals surface area contributed by atoms with Gasteiger partial charge in [-0.3, -0.25) is 4.79 Å². The van der Waals surface area contributed by atoms with Crippen LogP contribution < -0.4 is 0 Å². The van der Waals surface area contributed by atoms with Crippen LogP contribution in [0.15, 0.2) is 0 Å². The molecule has 26 heavy (non-hydrogen) atoms. The Kier molecular flexibility index (Phi) is 18.8. The molecule has 0 saturated carbocycles. The fourth-order valence-electron chi connectivity index (χ4n) is 3.33. The maximum atomic E-state index is 11.6. The lowest BCUT2D eigenvalue weighted by Crippen LogP contribution is -2.05. The van der Waals surface area contributed by atoms with Crippen molar-refractivity contribution in [2.45, 2.75) is 130 Å². The smallest absolute Gasteiger partial charge is 0.305 e. The molecule has 0 spiro atoms. The molecule has 0 aliphatic heterocycles. The highest BCUT2D eigenvalue weighted by Crippen LogP contribution is 2.14. The number of carbonyl (C=O) groups excluding carboxylic acids is 1. The van der Waals surface area contributed by atoms with Gasteiger partial charge in [-0.2, -0.15) is 0 Å². The van der Waals surface area contributed by atoms with Gasteiger partial charge in [0.05, 0.1) is 6.61 Å². The number of carbonyl (C=O) groups is 1. The van der Waals surface area contributed by atoms with Crippen LogP contribution in [-0.4, -0.2) is 12.6 Å². The summed E-state index contributed by atoms with van der Waals surface area (Å²) < 4.78 is 5.33. The summed E-state index contributed by atoms with van der Waals surface area (Å²) in [5, 5.41) is 0. The molecule has 0 aromatic carbocycles. The Bertz CT molecular complexity index is 297. The highest BCUT2D eigenvalue weighted by molar-refractivity contribution is 5.69. The Hall–Kier alpha value is -0.530. The van der Waals surface area contributed by atoms with E-state index in [4.69, 9.17) is 4.74 Å². The molecule has 0 N–H and O–H groups in total. The number of esters is 1. The lowest BCUT2D eigenvalue weighted by Gasteiger charge is -2.06. The van der Waals surface area contributed by atoms with E-state index in [9.17, 15) is 4.79 Å². The molecule has 2 nitrogen and oxygen atoms in total. The van der Waals surface area contributed by atoms with Crippen molar-refractivity contribution in [2.75, 3.05) is 6.61 Å². The molecule has 0 radical (unpaired) electrons. The Morgan fingerprint density at radius 1 is 0.577 bits per heavy atom. The molecular weight excluding hydrogens is 320 g/mol. The van der Waals surface area contributed by atoms with Crippen molar-refractivity contribution in [3.8, 4) is 0 Å². The lowest BCUT2D eigenvalue weighted by molar-refractivity contribution is -0.143. The quantitative estimate of drug-likeness (QED) is 0.170. The molecule has 0 amide bonds. The summed E-state index contributed by atoms with van der Waals surface area (Å²) in [4.78, 5) is 11.6. The molecule has 0 aromatic heterocycles. The molecule has 0 heterocycles. The molecule has 0 aliphatic rings. The van der Waals surface area contributed by atoms with Crippen LogP contribution in [0.4, 0.5) is 0 Å². The van der Waals surface area contributed by atoms with E-state index in [1.807, 2.05) is 0 Å². The van der Waals surface area contributed by atoms with Crippen LogP contribution in [-0.2, 0) is 9.53 Å².